The van der Waals surface area contributed by atoms with Crippen LogP contribution < -0.4 is 5.32 Å². The highest BCUT2D eigenvalue weighted by molar-refractivity contribution is 7.99. The standard InChI is InChI=1S/C25H24ClN5OS/c1-17-3-8-22(15-18(17)2)31-24(20-10-12-27-13-11-20)29-30-25(31)33-16-23(32)28-14-9-19-4-6-21(26)7-5-19/h3-8,10-13,15H,9,14,16H2,1-2H3,(H,28,32). The maximum Gasteiger partial charge on any atom is 0.230 e. The van der Waals surface area contributed by atoms with Gasteiger partial charge in [-0.05, 0) is 73.4 Å². The summed E-state index contributed by atoms with van der Waals surface area (Å²) in [5.41, 5.74) is 5.39. The SMILES string of the molecule is Cc1ccc(-n2c(SCC(=O)NCCc3ccc(Cl)cc3)nnc2-c2ccncc2)cc1C. The summed E-state index contributed by atoms with van der Waals surface area (Å²) in [6, 6.07) is 17.7. The van der Waals surface area contributed by atoms with Crippen LogP contribution in [0.25, 0.3) is 17.1 Å². The summed E-state index contributed by atoms with van der Waals surface area (Å²) in [7, 11) is 0. The van der Waals surface area contributed by atoms with Gasteiger partial charge in [0.1, 0.15) is 0 Å². The predicted molar refractivity (Wildman–Crippen MR) is 133 cm³/mol. The lowest BCUT2D eigenvalue weighted by Gasteiger charge is -2.12. The molecule has 8 heteroatoms. The highest BCUT2D eigenvalue weighted by atomic mass is 35.5. The molecule has 4 aromatic rings. The summed E-state index contributed by atoms with van der Waals surface area (Å²) < 4.78 is 1.99. The van der Waals surface area contributed by atoms with Gasteiger partial charge < -0.3 is 5.32 Å². The van der Waals surface area contributed by atoms with Gasteiger partial charge in [0.25, 0.3) is 0 Å². The minimum absolute atomic E-state index is 0.0472. The maximum atomic E-state index is 12.5. The van der Waals surface area contributed by atoms with Gasteiger partial charge in [0.15, 0.2) is 11.0 Å². The monoisotopic (exact) mass is 477 g/mol. The first-order valence-corrected chi connectivity index (χ1v) is 11.9. The van der Waals surface area contributed by atoms with Gasteiger partial charge in [0, 0.05) is 29.5 Å². The molecule has 0 unspecified atom stereocenters. The van der Waals surface area contributed by atoms with Crippen molar-refractivity contribution in [3.63, 3.8) is 0 Å². The Hall–Kier alpha value is -3.16. The number of rotatable bonds is 8. The zero-order valence-electron chi connectivity index (χ0n) is 18.5. The molecule has 0 bridgehead atoms. The van der Waals surface area contributed by atoms with Gasteiger partial charge in [-0.25, -0.2) is 0 Å². The molecule has 0 spiro atoms. The van der Waals surface area contributed by atoms with E-state index in [2.05, 4.69) is 46.5 Å². The van der Waals surface area contributed by atoms with E-state index in [0.29, 0.717) is 22.5 Å². The minimum atomic E-state index is -0.0472. The topological polar surface area (TPSA) is 72.7 Å². The molecule has 0 fully saturated rings. The fourth-order valence-corrected chi connectivity index (χ4v) is 4.24. The van der Waals surface area contributed by atoms with Crippen LogP contribution in [0.5, 0.6) is 0 Å². The first-order valence-electron chi connectivity index (χ1n) is 10.6. The van der Waals surface area contributed by atoms with Crippen molar-refractivity contribution in [1.82, 2.24) is 25.1 Å². The van der Waals surface area contributed by atoms with E-state index in [1.807, 2.05) is 47.0 Å². The Balaban J connectivity index is 1.48. The van der Waals surface area contributed by atoms with Crippen molar-refractivity contribution < 1.29 is 4.79 Å². The van der Waals surface area contributed by atoms with E-state index in [4.69, 9.17) is 11.6 Å². The maximum absolute atomic E-state index is 12.5. The summed E-state index contributed by atoms with van der Waals surface area (Å²) in [5, 5.41) is 13.2. The molecule has 0 aliphatic heterocycles. The molecule has 1 amide bonds. The number of amides is 1. The van der Waals surface area contributed by atoms with E-state index < -0.39 is 0 Å². The summed E-state index contributed by atoms with van der Waals surface area (Å²) >= 11 is 7.29. The highest BCUT2D eigenvalue weighted by Gasteiger charge is 2.17. The van der Waals surface area contributed by atoms with Gasteiger partial charge in [-0.1, -0.05) is 41.6 Å². The molecular formula is C25H24ClN5OS. The number of carbonyl (C=O) groups is 1. The second-order valence-corrected chi connectivity index (χ2v) is 9.04. The summed E-state index contributed by atoms with van der Waals surface area (Å²) in [6.45, 7) is 4.72. The van der Waals surface area contributed by atoms with Crippen LogP contribution in [0.1, 0.15) is 16.7 Å². The van der Waals surface area contributed by atoms with E-state index in [1.165, 1.54) is 22.9 Å². The Morgan fingerprint density at radius 3 is 2.48 bits per heavy atom. The molecule has 168 valence electrons. The zero-order valence-corrected chi connectivity index (χ0v) is 20.0. The number of hydrogen-bond acceptors (Lipinski definition) is 5. The third kappa shape index (κ3) is 5.80. The first-order chi connectivity index (χ1) is 16.0. The molecular weight excluding hydrogens is 454 g/mol. The van der Waals surface area contributed by atoms with Gasteiger partial charge in [0.05, 0.1) is 11.4 Å². The van der Waals surface area contributed by atoms with Gasteiger partial charge in [-0.15, -0.1) is 10.2 Å². The second kappa shape index (κ2) is 10.6. The van der Waals surface area contributed by atoms with Crippen LogP contribution in [0, 0.1) is 13.8 Å². The van der Waals surface area contributed by atoms with Gasteiger partial charge in [0.2, 0.25) is 5.91 Å². The Kier molecular flexibility index (Phi) is 7.42. The van der Waals surface area contributed by atoms with Gasteiger partial charge in [-0.3, -0.25) is 14.3 Å². The average Bonchev–Trinajstić information content (AvgIpc) is 3.25. The van der Waals surface area contributed by atoms with Crippen molar-refractivity contribution in [1.29, 1.82) is 0 Å². The lowest BCUT2D eigenvalue weighted by molar-refractivity contribution is -0.118. The predicted octanol–water partition coefficient (Wildman–Crippen LogP) is 5.05. The third-order valence-corrected chi connectivity index (χ3v) is 6.48. The Labute approximate surface area is 202 Å². The van der Waals surface area contributed by atoms with E-state index >= 15 is 0 Å². The number of thioether (sulfide) groups is 1. The van der Waals surface area contributed by atoms with E-state index in [-0.39, 0.29) is 11.7 Å². The number of aromatic nitrogens is 4. The van der Waals surface area contributed by atoms with Crippen LogP contribution in [0.2, 0.25) is 5.02 Å². The van der Waals surface area contributed by atoms with Crippen molar-refractivity contribution in [2.24, 2.45) is 0 Å². The number of nitrogens with zero attached hydrogens (tertiary/aromatic N) is 4. The van der Waals surface area contributed by atoms with E-state index in [0.717, 1.165) is 23.2 Å². The lowest BCUT2D eigenvalue weighted by Crippen LogP contribution is -2.27. The minimum Gasteiger partial charge on any atom is -0.355 e. The van der Waals surface area contributed by atoms with Crippen LogP contribution in [0.15, 0.2) is 72.1 Å². The molecule has 2 aromatic heterocycles. The van der Waals surface area contributed by atoms with Crippen LogP contribution in [0.3, 0.4) is 0 Å². The molecule has 0 atom stereocenters. The van der Waals surface area contributed by atoms with Crippen molar-refractivity contribution in [2.75, 3.05) is 12.3 Å². The number of nitrogens with one attached hydrogen (secondary N) is 1. The van der Waals surface area contributed by atoms with Crippen LogP contribution in [-0.4, -0.2) is 38.0 Å². The molecule has 4 rings (SSSR count). The number of benzene rings is 2. The number of pyridine rings is 1. The molecule has 0 saturated heterocycles. The first kappa shape index (κ1) is 23.0. The molecule has 0 radical (unpaired) electrons. The van der Waals surface area contributed by atoms with E-state index in [1.54, 1.807) is 12.4 Å². The number of halogens is 1. The number of aryl methyl sites for hydroxylation is 2. The Morgan fingerprint density at radius 2 is 1.76 bits per heavy atom. The molecule has 1 N–H and O–H groups in total. The quantitative estimate of drug-likeness (QED) is 0.359. The van der Waals surface area contributed by atoms with Crippen LogP contribution >= 0.6 is 23.4 Å². The molecule has 2 aromatic carbocycles. The second-order valence-electron chi connectivity index (χ2n) is 7.66. The smallest absolute Gasteiger partial charge is 0.230 e. The summed E-state index contributed by atoms with van der Waals surface area (Å²) in [4.78, 5) is 16.6. The third-order valence-electron chi connectivity index (χ3n) is 5.30. The molecule has 0 saturated carbocycles. The van der Waals surface area contributed by atoms with Crippen LogP contribution in [-0.2, 0) is 11.2 Å². The van der Waals surface area contributed by atoms with Crippen molar-refractivity contribution in [3.8, 4) is 17.1 Å². The molecule has 0 aliphatic rings. The molecule has 33 heavy (non-hydrogen) atoms. The fourth-order valence-electron chi connectivity index (χ4n) is 3.33. The Morgan fingerprint density at radius 1 is 1.00 bits per heavy atom. The zero-order chi connectivity index (χ0) is 23.2. The van der Waals surface area contributed by atoms with Crippen molar-refractivity contribution in [3.05, 3.63) is 88.7 Å². The van der Waals surface area contributed by atoms with Crippen molar-refractivity contribution in [2.45, 2.75) is 25.4 Å². The highest BCUT2D eigenvalue weighted by Crippen LogP contribution is 2.28. The largest absolute Gasteiger partial charge is 0.355 e. The van der Waals surface area contributed by atoms with Crippen molar-refractivity contribution >= 4 is 29.3 Å². The number of hydrogen-bond donors (Lipinski definition) is 1. The fraction of sp³-hybridized carbons (Fsp3) is 0.200. The molecule has 0 aliphatic carbocycles. The molecule has 6 nitrogen and oxygen atoms in total. The lowest BCUT2D eigenvalue weighted by atomic mass is 10.1. The van der Waals surface area contributed by atoms with Gasteiger partial charge >= 0.3 is 0 Å². The molecule has 2 heterocycles. The summed E-state index contributed by atoms with van der Waals surface area (Å²) in [5.74, 6) is 0.917. The average molecular weight is 478 g/mol. The van der Waals surface area contributed by atoms with Gasteiger partial charge in [-0.2, -0.15) is 0 Å². The normalized spacial score (nSPS) is 10.9. The van der Waals surface area contributed by atoms with E-state index in [9.17, 15) is 4.79 Å². The summed E-state index contributed by atoms with van der Waals surface area (Å²) in [6.07, 6.45) is 4.21. The Bertz CT molecular complexity index is 1240. The van der Waals surface area contributed by atoms with Crippen LogP contribution in [0.4, 0.5) is 0 Å². The number of carbonyl (C=O) groups excluding carboxylic acids is 1.